The van der Waals surface area contributed by atoms with Crippen molar-refractivity contribution in [3.05, 3.63) is 51.8 Å². The van der Waals surface area contributed by atoms with Crippen LogP contribution in [0, 0.1) is 6.92 Å². The average Bonchev–Trinajstić information content (AvgIpc) is 3.05. The lowest BCUT2D eigenvalue weighted by molar-refractivity contribution is 0.0703. The summed E-state index contributed by atoms with van der Waals surface area (Å²) in [5.74, 6) is -1.36. The van der Waals surface area contributed by atoms with Crippen molar-refractivity contribution in [1.82, 2.24) is 4.98 Å². The first-order chi connectivity index (χ1) is 10.1. The molecule has 3 aromatic rings. The Bertz CT molecular complexity index is 848. The van der Waals surface area contributed by atoms with E-state index in [1.165, 1.54) is 0 Å². The second kappa shape index (κ2) is 5.06. The van der Waals surface area contributed by atoms with Gasteiger partial charge in [-0.25, -0.2) is 4.79 Å². The fourth-order valence-electron chi connectivity index (χ4n) is 2.14. The van der Waals surface area contributed by atoms with E-state index >= 15 is 0 Å². The van der Waals surface area contributed by atoms with Gasteiger partial charge in [-0.05, 0) is 42.1 Å². The number of nitrogens with one attached hydrogen (secondary N) is 2. The third-order valence-electron chi connectivity index (χ3n) is 3.22. The van der Waals surface area contributed by atoms with Crippen molar-refractivity contribution in [1.29, 1.82) is 0 Å². The molecule has 21 heavy (non-hydrogen) atoms. The highest BCUT2D eigenvalue weighted by molar-refractivity contribution is 7.12. The number of carboxylic acids is 1. The normalized spacial score (nSPS) is 10.7. The molecule has 0 radical (unpaired) electrons. The van der Waals surface area contributed by atoms with Gasteiger partial charge in [0.25, 0.3) is 5.91 Å². The highest BCUT2D eigenvalue weighted by Gasteiger charge is 2.18. The number of carboxylic acid groups (broad SMARTS) is 1. The van der Waals surface area contributed by atoms with Crippen molar-refractivity contribution in [2.24, 2.45) is 0 Å². The molecule has 6 heteroatoms. The number of fused-ring (bicyclic) bond motifs is 1. The number of carbonyl (C=O) groups is 2. The van der Waals surface area contributed by atoms with Crippen molar-refractivity contribution < 1.29 is 14.7 Å². The zero-order valence-electron chi connectivity index (χ0n) is 11.1. The molecule has 0 bridgehead atoms. The molecule has 1 amide bonds. The first-order valence-corrected chi connectivity index (χ1v) is 7.14. The molecule has 0 aliphatic heterocycles. The van der Waals surface area contributed by atoms with E-state index in [0.29, 0.717) is 11.3 Å². The van der Waals surface area contributed by atoms with Crippen LogP contribution in [0.3, 0.4) is 0 Å². The minimum absolute atomic E-state index is 0.142. The predicted molar refractivity (Wildman–Crippen MR) is 82.3 cm³/mol. The third-order valence-corrected chi connectivity index (χ3v) is 4.31. The van der Waals surface area contributed by atoms with Gasteiger partial charge in [0.05, 0.1) is 5.69 Å². The fraction of sp³-hybridized carbons (Fsp3) is 0.0667. The van der Waals surface area contributed by atoms with Crippen LogP contribution in [0.2, 0.25) is 0 Å². The Morgan fingerprint density at radius 3 is 2.86 bits per heavy atom. The summed E-state index contributed by atoms with van der Waals surface area (Å²) in [5, 5.41) is 14.5. The lowest BCUT2D eigenvalue weighted by Crippen LogP contribution is -2.14. The number of aromatic nitrogens is 1. The molecule has 0 saturated heterocycles. The van der Waals surface area contributed by atoms with Crippen LogP contribution in [0.15, 0.2) is 35.8 Å². The molecule has 1 aromatic carbocycles. The van der Waals surface area contributed by atoms with Gasteiger partial charge in [0, 0.05) is 22.7 Å². The van der Waals surface area contributed by atoms with E-state index in [1.54, 1.807) is 30.6 Å². The second-order valence-electron chi connectivity index (χ2n) is 4.66. The number of rotatable bonds is 3. The summed E-state index contributed by atoms with van der Waals surface area (Å²) in [5.41, 5.74) is 2.55. The number of hydrogen-bond donors (Lipinski definition) is 3. The molecule has 0 unspecified atom stereocenters. The SMILES string of the molecule is Cc1csc(C(=O)O)c1NC(=O)c1ccc2[nH]ccc2c1. The standard InChI is InChI=1S/C15H12N2O3S/c1-8-7-21-13(15(19)20)12(8)17-14(18)10-2-3-11-9(6-10)4-5-16-11/h2-7,16H,1H3,(H,17,18)(H,19,20). The predicted octanol–water partition coefficient (Wildman–Crippen LogP) is 3.49. The van der Waals surface area contributed by atoms with E-state index in [1.807, 2.05) is 12.1 Å². The molecular weight excluding hydrogens is 288 g/mol. The van der Waals surface area contributed by atoms with Crippen LogP contribution in [0.25, 0.3) is 10.9 Å². The van der Waals surface area contributed by atoms with E-state index in [-0.39, 0.29) is 10.8 Å². The molecule has 0 aliphatic carbocycles. The van der Waals surface area contributed by atoms with Gasteiger partial charge in [-0.3, -0.25) is 4.79 Å². The van der Waals surface area contributed by atoms with Crippen molar-refractivity contribution in [3.63, 3.8) is 0 Å². The summed E-state index contributed by atoms with van der Waals surface area (Å²) in [4.78, 5) is 26.6. The van der Waals surface area contributed by atoms with Gasteiger partial charge in [-0.15, -0.1) is 11.3 Å². The zero-order chi connectivity index (χ0) is 15.0. The molecule has 5 nitrogen and oxygen atoms in total. The number of aryl methyl sites for hydroxylation is 1. The number of H-pyrrole nitrogens is 1. The Labute approximate surface area is 124 Å². The zero-order valence-corrected chi connectivity index (χ0v) is 12.0. The second-order valence-corrected chi connectivity index (χ2v) is 5.54. The molecule has 3 rings (SSSR count). The minimum atomic E-state index is -1.04. The summed E-state index contributed by atoms with van der Waals surface area (Å²) in [6.07, 6.45) is 1.80. The molecule has 0 saturated carbocycles. The van der Waals surface area contributed by atoms with Crippen LogP contribution in [0.5, 0.6) is 0 Å². The van der Waals surface area contributed by atoms with Crippen LogP contribution in [-0.2, 0) is 0 Å². The monoisotopic (exact) mass is 300 g/mol. The Kier molecular flexibility index (Phi) is 3.23. The fourth-order valence-corrected chi connectivity index (χ4v) is 2.98. The summed E-state index contributed by atoms with van der Waals surface area (Å²) in [6, 6.07) is 7.17. The Morgan fingerprint density at radius 2 is 2.10 bits per heavy atom. The molecule has 0 fully saturated rings. The summed E-state index contributed by atoms with van der Waals surface area (Å²) >= 11 is 1.11. The third kappa shape index (κ3) is 2.41. The first-order valence-electron chi connectivity index (χ1n) is 6.26. The quantitative estimate of drug-likeness (QED) is 0.692. The molecule has 106 valence electrons. The Balaban J connectivity index is 1.92. The van der Waals surface area contributed by atoms with E-state index in [4.69, 9.17) is 5.11 Å². The number of carbonyl (C=O) groups excluding carboxylic acids is 1. The van der Waals surface area contributed by atoms with Gasteiger partial charge in [-0.1, -0.05) is 0 Å². The van der Waals surface area contributed by atoms with Crippen LogP contribution < -0.4 is 5.32 Å². The van der Waals surface area contributed by atoms with E-state index in [0.717, 1.165) is 27.8 Å². The van der Waals surface area contributed by atoms with E-state index in [2.05, 4.69) is 10.3 Å². The minimum Gasteiger partial charge on any atom is -0.477 e. The summed E-state index contributed by atoms with van der Waals surface area (Å²) < 4.78 is 0. The molecular formula is C15H12N2O3S. The van der Waals surface area contributed by atoms with Crippen LogP contribution in [0.1, 0.15) is 25.6 Å². The van der Waals surface area contributed by atoms with Gasteiger partial charge in [0.15, 0.2) is 0 Å². The Morgan fingerprint density at radius 1 is 1.29 bits per heavy atom. The number of thiophene rings is 1. The lowest BCUT2D eigenvalue weighted by Gasteiger charge is -2.06. The molecule has 0 spiro atoms. The number of benzene rings is 1. The van der Waals surface area contributed by atoms with Gasteiger partial charge in [0.2, 0.25) is 0 Å². The number of amides is 1. The van der Waals surface area contributed by atoms with Crippen LogP contribution >= 0.6 is 11.3 Å². The van der Waals surface area contributed by atoms with Crippen molar-refractivity contribution in [2.45, 2.75) is 6.92 Å². The summed E-state index contributed by atoms with van der Waals surface area (Å²) in [6.45, 7) is 1.77. The number of aromatic carboxylic acids is 1. The number of anilines is 1. The van der Waals surface area contributed by atoms with Crippen molar-refractivity contribution in [2.75, 3.05) is 5.32 Å². The maximum atomic E-state index is 12.3. The molecule has 0 atom stereocenters. The average molecular weight is 300 g/mol. The smallest absolute Gasteiger partial charge is 0.348 e. The molecule has 0 aliphatic rings. The molecule has 2 heterocycles. The highest BCUT2D eigenvalue weighted by Crippen LogP contribution is 2.28. The van der Waals surface area contributed by atoms with Gasteiger partial charge < -0.3 is 15.4 Å². The van der Waals surface area contributed by atoms with Gasteiger partial charge in [-0.2, -0.15) is 0 Å². The number of aromatic amines is 1. The summed E-state index contributed by atoms with van der Waals surface area (Å²) in [7, 11) is 0. The van der Waals surface area contributed by atoms with Crippen molar-refractivity contribution in [3.8, 4) is 0 Å². The molecule has 3 N–H and O–H groups in total. The van der Waals surface area contributed by atoms with E-state index in [9.17, 15) is 9.59 Å². The van der Waals surface area contributed by atoms with E-state index < -0.39 is 5.97 Å². The van der Waals surface area contributed by atoms with Gasteiger partial charge >= 0.3 is 5.97 Å². The lowest BCUT2D eigenvalue weighted by atomic mass is 10.1. The topological polar surface area (TPSA) is 82.2 Å². The maximum Gasteiger partial charge on any atom is 0.348 e. The van der Waals surface area contributed by atoms with Crippen LogP contribution in [-0.4, -0.2) is 22.0 Å². The highest BCUT2D eigenvalue weighted by atomic mass is 32.1. The molecule has 2 aromatic heterocycles. The van der Waals surface area contributed by atoms with Crippen LogP contribution in [0.4, 0.5) is 5.69 Å². The maximum absolute atomic E-state index is 12.3. The van der Waals surface area contributed by atoms with Gasteiger partial charge in [0.1, 0.15) is 4.88 Å². The number of hydrogen-bond acceptors (Lipinski definition) is 3. The Hall–Kier alpha value is -2.60. The van der Waals surface area contributed by atoms with Crippen molar-refractivity contribution >= 4 is 39.8 Å². The first kappa shape index (κ1) is 13.4. The largest absolute Gasteiger partial charge is 0.477 e.